The zero-order valence-electron chi connectivity index (χ0n) is 7.04. The van der Waals surface area contributed by atoms with Gasteiger partial charge in [-0.05, 0) is 11.5 Å². The van der Waals surface area contributed by atoms with Crippen LogP contribution in [0.4, 0.5) is 0 Å². The number of aromatic nitrogens is 1. The first kappa shape index (κ1) is 11.2. The van der Waals surface area contributed by atoms with Crippen molar-refractivity contribution in [3.8, 4) is 0 Å². The standard InChI is InChI=1S/C6H6Cl2N4OS/c1-2(13)10-11-6(9)4-3(7)5(8)14-12-4/h1H3,(H2,9,11)(H,10,13). The molecule has 0 unspecified atom stereocenters. The summed E-state index contributed by atoms with van der Waals surface area (Å²) < 4.78 is 4.20. The number of carbonyl (C=O) groups is 1. The van der Waals surface area contributed by atoms with E-state index in [0.717, 1.165) is 11.5 Å². The molecule has 0 aliphatic rings. The van der Waals surface area contributed by atoms with Crippen LogP contribution in [-0.4, -0.2) is 16.1 Å². The van der Waals surface area contributed by atoms with Gasteiger partial charge in [-0.15, -0.1) is 0 Å². The Balaban J connectivity index is 2.89. The third kappa shape index (κ3) is 2.57. The molecule has 1 amide bonds. The molecular weight excluding hydrogens is 247 g/mol. The lowest BCUT2D eigenvalue weighted by Crippen LogP contribution is -2.22. The highest BCUT2D eigenvalue weighted by Crippen LogP contribution is 2.28. The largest absolute Gasteiger partial charge is 0.380 e. The van der Waals surface area contributed by atoms with Crippen LogP contribution in [0.1, 0.15) is 12.6 Å². The Labute approximate surface area is 94.1 Å². The van der Waals surface area contributed by atoms with Crippen LogP contribution in [0.3, 0.4) is 0 Å². The molecule has 0 spiro atoms. The topological polar surface area (TPSA) is 80.4 Å². The average Bonchev–Trinajstić information content (AvgIpc) is 2.44. The third-order valence-electron chi connectivity index (χ3n) is 1.17. The van der Waals surface area contributed by atoms with Gasteiger partial charge in [-0.2, -0.15) is 9.47 Å². The smallest absolute Gasteiger partial charge is 0.237 e. The summed E-state index contributed by atoms with van der Waals surface area (Å²) in [5, 5.41) is 3.80. The van der Waals surface area contributed by atoms with Crippen LogP contribution in [0.5, 0.6) is 0 Å². The predicted octanol–water partition coefficient (Wildman–Crippen LogP) is 1.21. The Bertz CT molecular complexity index is 389. The van der Waals surface area contributed by atoms with Gasteiger partial charge in [0.15, 0.2) is 5.84 Å². The number of nitrogens with zero attached hydrogens (tertiary/aromatic N) is 2. The maximum atomic E-state index is 10.5. The van der Waals surface area contributed by atoms with Gasteiger partial charge in [0.05, 0.1) is 0 Å². The molecule has 8 heteroatoms. The van der Waals surface area contributed by atoms with E-state index in [9.17, 15) is 4.79 Å². The third-order valence-corrected chi connectivity index (χ3v) is 2.79. The number of hydrogen-bond donors (Lipinski definition) is 2. The number of halogens is 2. The van der Waals surface area contributed by atoms with E-state index in [1.165, 1.54) is 6.92 Å². The van der Waals surface area contributed by atoms with Gasteiger partial charge in [-0.3, -0.25) is 4.79 Å². The van der Waals surface area contributed by atoms with Crippen molar-refractivity contribution in [2.24, 2.45) is 10.8 Å². The number of nitrogens with two attached hydrogens (primary N) is 1. The number of amides is 1. The molecular formula is C6H6Cl2N4OS. The van der Waals surface area contributed by atoms with Crippen molar-refractivity contribution in [3.63, 3.8) is 0 Å². The van der Waals surface area contributed by atoms with Gasteiger partial charge < -0.3 is 5.73 Å². The first-order valence-electron chi connectivity index (χ1n) is 3.43. The van der Waals surface area contributed by atoms with Crippen molar-refractivity contribution in [2.45, 2.75) is 6.92 Å². The van der Waals surface area contributed by atoms with Crippen LogP contribution in [0.15, 0.2) is 5.10 Å². The van der Waals surface area contributed by atoms with E-state index in [2.05, 4.69) is 14.9 Å². The predicted molar refractivity (Wildman–Crippen MR) is 56.7 cm³/mol. The number of hydrazone groups is 1. The van der Waals surface area contributed by atoms with Gasteiger partial charge in [-0.25, -0.2) is 5.43 Å². The van der Waals surface area contributed by atoms with Crippen molar-refractivity contribution in [2.75, 3.05) is 0 Å². The van der Waals surface area contributed by atoms with Crippen molar-refractivity contribution >= 4 is 46.5 Å². The molecule has 1 aromatic rings. The number of carbonyl (C=O) groups excluding carboxylic acids is 1. The minimum atomic E-state index is -0.328. The number of hydrogen-bond acceptors (Lipinski definition) is 4. The average molecular weight is 253 g/mol. The molecule has 1 heterocycles. The second-order valence-corrected chi connectivity index (χ2v) is 4.04. The molecule has 0 saturated carbocycles. The number of rotatable bonds is 2. The number of amidine groups is 1. The SMILES string of the molecule is CC(=O)N/N=C(\N)c1nsc(Cl)c1Cl. The van der Waals surface area contributed by atoms with Crippen molar-refractivity contribution < 1.29 is 4.79 Å². The molecule has 0 aliphatic carbocycles. The molecule has 1 aromatic heterocycles. The summed E-state index contributed by atoms with van der Waals surface area (Å²) in [5.74, 6) is -0.307. The second-order valence-electron chi connectivity index (χ2n) is 2.28. The molecule has 0 bridgehead atoms. The van der Waals surface area contributed by atoms with Gasteiger partial charge in [0, 0.05) is 6.92 Å². The highest BCUT2D eigenvalue weighted by molar-refractivity contribution is 7.11. The van der Waals surface area contributed by atoms with Gasteiger partial charge in [0.1, 0.15) is 15.1 Å². The Morgan fingerprint density at radius 3 is 2.71 bits per heavy atom. The molecule has 0 aliphatic heterocycles. The fourth-order valence-electron chi connectivity index (χ4n) is 0.610. The molecule has 0 saturated heterocycles. The van der Waals surface area contributed by atoms with E-state index < -0.39 is 0 Å². The number of nitrogens with one attached hydrogen (secondary N) is 1. The zero-order valence-corrected chi connectivity index (χ0v) is 9.37. The molecule has 14 heavy (non-hydrogen) atoms. The molecule has 0 atom stereocenters. The molecule has 76 valence electrons. The van der Waals surface area contributed by atoms with Crippen LogP contribution < -0.4 is 11.2 Å². The minimum absolute atomic E-state index is 0.0216. The van der Waals surface area contributed by atoms with Gasteiger partial charge in [0.25, 0.3) is 0 Å². The van der Waals surface area contributed by atoms with E-state index in [-0.39, 0.29) is 22.5 Å². The maximum Gasteiger partial charge on any atom is 0.237 e. The summed E-state index contributed by atoms with van der Waals surface area (Å²) in [5.41, 5.74) is 7.93. The Morgan fingerprint density at radius 2 is 2.29 bits per heavy atom. The van der Waals surface area contributed by atoms with E-state index in [1.807, 2.05) is 0 Å². The Morgan fingerprint density at radius 1 is 1.64 bits per heavy atom. The van der Waals surface area contributed by atoms with Crippen molar-refractivity contribution in [1.82, 2.24) is 9.80 Å². The van der Waals surface area contributed by atoms with Gasteiger partial charge >= 0.3 is 0 Å². The quantitative estimate of drug-likeness (QED) is 0.472. The van der Waals surface area contributed by atoms with Crippen LogP contribution >= 0.6 is 34.7 Å². The fraction of sp³-hybridized carbons (Fsp3) is 0.167. The zero-order chi connectivity index (χ0) is 10.7. The van der Waals surface area contributed by atoms with E-state index in [1.54, 1.807) is 0 Å². The van der Waals surface area contributed by atoms with Crippen molar-refractivity contribution in [3.05, 3.63) is 15.1 Å². The van der Waals surface area contributed by atoms with Crippen LogP contribution in [-0.2, 0) is 4.79 Å². The summed E-state index contributed by atoms with van der Waals surface area (Å²) in [4.78, 5) is 10.5. The summed E-state index contributed by atoms with van der Waals surface area (Å²) in [7, 11) is 0. The van der Waals surface area contributed by atoms with Gasteiger partial charge in [0.2, 0.25) is 5.91 Å². The fourth-order valence-corrected chi connectivity index (χ4v) is 1.63. The second kappa shape index (κ2) is 4.59. The van der Waals surface area contributed by atoms with Crippen LogP contribution in [0.2, 0.25) is 9.36 Å². The highest BCUT2D eigenvalue weighted by atomic mass is 35.5. The van der Waals surface area contributed by atoms with Crippen molar-refractivity contribution in [1.29, 1.82) is 0 Å². The maximum absolute atomic E-state index is 10.5. The van der Waals surface area contributed by atoms with Crippen LogP contribution in [0, 0.1) is 0 Å². The van der Waals surface area contributed by atoms with Crippen LogP contribution in [0.25, 0.3) is 0 Å². The summed E-state index contributed by atoms with van der Waals surface area (Å²) >= 11 is 12.4. The lowest BCUT2D eigenvalue weighted by Gasteiger charge is -1.96. The molecule has 3 N–H and O–H groups in total. The molecule has 0 fully saturated rings. The Kier molecular flexibility index (Phi) is 3.68. The van der Waals surface area contributed by atoms with Gasteiger partial charge in [-0.1, -0.05) is 23.2 Å². The molecule has 5 nitrogen and oxygen atoms in total. The monoisotopic (exact) mass is 252 g/mol. The van der Waals surface area contributed by atoms with E-state index in [0.29, 0.717) is 4.34 Å². The summed E-state index contributed by atoms with van der Waals surface area (Å²) in [6, 6.07) is 0. The lowest BCUT2D eigenvalue weighted by atomic mass is 10.4. The normalized spacial score (nSPS) is 11.5. The first-order chi connectivity index (χ1) is 6.52. The highest BCUT2D eigenvalue weighted by Gasteiger charge is 2.13. The Hall–Kier alpha value is -0.850. The molecule has 0 radical (unpaired) electrons. The summed E-state index contributed by atoms with van der Waals surface area (Å²) in [6.07, 6.45) is 0. The molecule has 0 aromatic carbocycles. The minimum Gasteiger partial charge on any atom is -0.380 e. The lowest BCUT2D eigenvalue weighted by molar-refractivity contribution is -0.118. The molecule has 1 rings (SSSR count). The van der Waals surface area contributed by atoms with E-state index >= 15 is 0 Å². The first-order valence-corrected chi connectivity index (χ1v) is 4.96. The van der Waals surface area contributed by atoms with E-state index in [4.69, 9.17) is 28.9 Å². The summed E-state index contributed by atoms with van der Waals surface area (Å²) in [6.45, 7) is 1.31.